The highest BCUT2D eigenvalue weighted by molar-refractivity contribution is 9.10. The van der Waals surface area contributed by atoms with Crippen molar-refractivity contribution in [2.45, 2.75) is 38.6 Å². The number of aromatic nitrogens is 2. The molecule has 198 valence electrons. The lowest BCUT2D eigenvalue weighted by Gasteiger charge is -2.32. The van der Waals surface area contributed by atoms with Crippen LogP contribution in [0.1, 0.15) is 42.5 Å². The lowest BCUT2D eigenvalue weighted by Crippen LogP contribution is -2.47. The lowest BCUT2D eigenvalue weighted by atomic mass is 9.89. The minimum Gasteiger partial charge on any atom is -0.361 e. The highest BCUT2D eigenvalue weighted by Crippen LogP contribution is 2.30. The molecule has 2 aliphatic rings. The first-order valence-corrected chi connectivity index (χ1v) is 14.6. The minimum absolute atomic E-state index is 0. The van der Waals surface area contributed by atoms with E-state index in [1.165, 1.54) is 48.5 Å². The summed E-state index contributed by atoms with van der Waals surface area (Å²) in [6, 6.07) is 14.6. The minimum atomic E-state index is 0. The molecule has 0 radical (unpaired) electrons. The number of aromatic amines is 1. The first kappa shape index (κ1) is 28.2. The Balaban J connectivity index is 0.000000244. The van der Waals surface area contributed by atoms with Gasteiger partial charge in [0.2, 0.25) is 0 Å². The van der Waals surface area contributed by atoms with Crippen molar-refractivity contribution < 1.29 is 4.79 Å². The Hall–Kier alpha value is -1.80. The van der Waals surface area contributed by atoms with Crippen molar-refractivity contribution in [3.63, 3.8) is 0 Å². The van der Waals surface area contributed by atoms with Crippen LogP contribution in [0, 0.1) is 5.92 Å². The second kappa shape index (κ2) is 12.8. The number of likely N-dealkylation sites (N-methyl/N-ethyl adjacent to an activating group) is 1. The van der Waals surface area contributed by atoms with Crippen LogP contribution in [0.4, 0.5) is 0 Å². The summed E-state index contributed by atoms with van der Waals surface area (Å²) >= 11 is 7.00. The number of carbonyl (C=O) groups excluding carboxylic acids is 1. The summed E-state index contributed by atoms with van der Waals surface area (Å²) in [5, 5.41) is 2.34. The third-order valence-electron chi connectivity index (χ3n) is 7.56. The van der Waals surface area contributed by atoms with Crippen molar-refractivity contribution in [3.8, 4) is 0 Å². The van der Waals surface area contributed by atoms with Gasteiger partial charge in [0.15, 0.2) is 0 Å². The number of halogens is 3. The van der Waals surface area contributed by atoms with Gasteiger partial charge in [-0.05, 0) is 61.5 Å². The van der Waals surface area contributed by atoms with E-state index in [1.807, 2.05) is 23.2 Å². The largest absolute Gasteiger partial charge is 0.361 e. The standard InChI is InChI=1S/C21H28BrN3O.C8H6BrN.ClH/c1-23-9-11-24(12-10-23)21(26)19-15-25(14-16-5-3-2-4-6-16)20-13-17(22)7-8-18(19)20;9-7-2-1-6-3-4-10-8(6)5-7;/h7-8,13,15-16H,2-6,9-12,14H2,1H3;1-5,10H;1H. The Bertz CT molecular complexity index is 1340. The van der Waals surface area contributed by atoms with Crippen molar-refractivity contribution in [2.24, 2.45) is 5.92 Å². The molecule has 4 aromatic rings. The maximum Gasteiger partial charge on any atom is 0.256 e. The fourth-order valence-electron chi connectivity index (χ4n) is 5.43. The zero-order valence-electron chi connectivity index (χ0n) is 21.3. The molecule has 0 unspecified atom stereocenters. The third kappa shape index (κ3) is 6.80. The van der Waals surface area contributed by atoms with Gasteiger partial charge in [-0.15, -0.1) is 12.4 Å². The lowest BCUT2D eigenvalue weighted by molar-refractivity contribution is 0.0665. The number of nitrogens with zero attached hydrogens (tertiary/aromatic N) is 3. The molecule has 0 atom stereocenters. The van der Waals surface area contributed by atoms with E-state index >= 15 is 0 Å². The van der Waals surface area contributed by atoms with E-state index in [4.69, 9.17) is 0 Å². The van der Waals surface area contributed by atoms with Gasteiger partial charge in [0.25, 0.3) is 5.91 Å². The fraction of sp³-hybridized carbons (Fsp3) is 0.414. The molecule has 1 aliphatic heterocycles. The molecular formula is C29H35Br2ClN4O. The molecule has 2 aromatic carbocycles. The first-order valence-electron chi connectivity index (χ1n) is 13.0. The summed E-state index contributed by atoms with van der Waals surface area (Å²) in [7, 11) is 2.12. The van der Waals surface area contributed by atoms with Crippen LogP contribution >= 0.6 is 44.3 Å². The molecule has 1 saturated carbocycles. The number of piperazine rings is 1. The highest BCUT2D eigenvalue weighted by Gasteiger charge is 2.24. The Morgan fingerprint density at radius 3 is 2.41 bits per heavy atom. The number of rotatable bonds is 3. The molecule has 0 spiro atoms. The number of amides is 1. The molecule has 6 rings (SSSR count). The average molecular weight is 651 g/mol. The van der Waals surface area contributed by atoms with Gasteiger partial charge in [-0.3, -0.25) is 4.79 Å². The topological polar surface area (TPSA) is 44.3 Å². The van der Waals surface area contributed by atoms with Crippen LogP contribution < -0.4 is 0 Å². The zero-order valence-corrected chi connectivity index (χ0v) is 25.2. The monoisotopic (exact) mass is 648 g/mol. The summed E-state index contributed by atoms with van der Waals surface area (Å²) in [4.78, 5) is 20.6. The molecular weight excluding hydrogens is 616 g/mol. The van der Waals surface area contributed by atoms with Gasteiger partial charge < -0.3 is 19.4 Å². The van der Waals surface area contributed by atoms with Gasteiger partial charge in [-0.25, -0.2) is 0 Å². The van der Waals surface area contributed by atoms with Gasteiger partial charge in [-0.2, -0.15) is 0 Å². The van der Waals surface area contributed by atoms with Crippen molar-refractivity contribution in [1.82, 2.24) is 19.4 Å². The predicted octanol–water partition coefficient (Wildman–Crippen LogP) is 7.72. The highest BCUT2D eigenvalue weighted by atomic mass is 79.9. The summed E-state index contributed by atoms with van der Waals surface area (Å²) in [5.41, 5.74) is 3.23. The maximum atomic E-state index is 13.2. The van der Waals surface area contributed by atoms with Gasteiger partial charge >= 0.3 is 0 Å². The van der Waals surface area contributed by atoms with Crippen LogP contribution in [0.2, 0.25) is 0 Å². The van der Waals surface area contributed by atoms with E-state index in [2.05, 4.69) is 89.9 Å². The van der Waals surface area contributed by atoms with Gasteiger partial charge in [-0.1, -0.05) is 63.3 Å². The number of H-pyrrole nitrogens is 1. The first-order chi connectivity index (χ1) is 17.5. The van der Waals surface area contributed by atoms with E-state index in [1.54, 1.807) is 0 Å². The number of fused-ring (bicyclic) bond motifs is 2. The van der Waals surface area contributed by atoms with Crippen molar-refractivity contribution in [1.29, 1.82) is 0 Å². The molecule has 1 saturated heterocycles. The number of carbonyl (C=O) groups is 1. The van der Waals surface area contributed by atoms with Crippen LogP contribution in [-0.2, 0) is 6.54 Å². The quantitative estimate of drug-likeness (QED) is 0.247. The summed E-state index contributed by atoms with van der Waals surface area (Å²) in [5.74, 6) is 0.928. The van der Waals surface area contributed by atoms with Crippen molar-refractivity contribution in [3.05, 3.63) is 69.4 Å². The van der Waals surface area contributed by atoms with Gasteiger partial charge in [0.1, 0.15) is 0 Å². The second-order valence-electron chi connectivity index (χ2n) is 10.2. The van der Waals surface area contributed by atoms with Crippen LogP contribution in [0.3, 0.4) is 0 Å². The summed E-state index contributed by atoms with van der Waals surface area (Å²) in [6.45, 7) is 4.58. The average Bonchev–Trinajstić information content (AvgIpc) is 3.49. The third-order valence-corrected chi connectivity index (χ3v) is 8.55. The normalized spacial score (nSPS) is 16.9. The van der Waals surface area contributed by atoms with Crippen LogP contribution in [0.25, 0.3) is 21.8 Å². The van der Waals surface area contributed by atoms with E-state index in [0.29, 0.717) is 0 Å². The molecule has 5 nitrogen and oxygen atoms in total. The Kier molecular flexibility index (Phi) is 9.79. The zero-order chi connectivity index (χ0) is 25.1. The van der Waals surface area contributed by atoms with E-state index in [-0.39, 0.29) is 18.3 Å². The molecule has 8 heteroatoms. The van der Waals surface area contributed by atoms with Gasteiger partial charge in [0.05, 0.1) is 5.56 Å². The number of benzene rings is 2. The summed E-state index contributed by atoms with van der Waals surface area (Å²) < 4.78 is 4.52. The molecule has 2 fully saturated rings. The predicted molar refractivity (Wildman–Crippen MR) is 163 cm³/mol. The van der Waals surface area contributed by atoms with Crippen LogP contribution in [0.5, 0.6) is 0 Å². The van der Waals surface area contributed by atoms with E-state index in [9.17, 15) is 4.79 Å². The second-order valence-corrected chi connectivity index (χ2v) is 12.0. The number of hydrogen-bond acceptors (Lipinski definition) is 2. The van der Waals surface area contributed by atoms with E-state index < -0.39 is 0 Å². The Labute approximate surface area is 242 Å². The summed E-state index contributed by atoms with van der Waals surface area (Å²) in [6.07, 6.45) is 10.8. The van der Waals surface area contributed by atoms with Crippen molar-refractivity contribution in [2.75, 3.05) is 33.2 Å². The van der Waals surface area contributed by atoms with Crippen LogP contribution in [-0.4, -0.2) is 58.5 Å². The molecule has 1 N–H and O–H groups in total. The molecule has 0 bridgehead atoms. The molecule has 3 heterocycles. The molecule has 37 heavy (non-hydrogen) atoms. The smallest absolute Gasteiger partial charge is 0.256 e. The fourth-order valence-corrected chi connectivity index (χ4v) is 6.14. The Morgan fingerprint density at radius 2 is 1.65 bits per heavy atom. The Morgan fingerprint density at radius 1 is 0.946 bits per heavy atom. The molecule has 1 aliphatic carbocycles. The van der Waals surface area contributed by atoms with Crippen molar-refractivity contribution >= 4 is 72.0 Å². The SMILES string of the molecule is Brc1ccc2cc[nH]c2c1.CN1CCN(C(=O)c2cn(CC3CCCCC3)c3cc(Br)ccc23)CC1.Cl. The molecule has 2 aromatic heterocycles. The molecule has 1 amide bonds. The van der Waals surface area contributed by atoms with Crippen LogP contribution in [0.15, 0.2) is 63.8 Å². The van der Waals surface area contributed by atoms with E-state index in [0.717, 1.165) is 58.5 Å². The van der Waals surface area contributed by atoms with Gasteiger partial charge in [0, 0.05) is 70.5 Å². The number of nitrogens with one attached hydrogen (secondary N) is 1. The number of hydrogen-bond donors (Lipinski definition) is 1. The maximum absolute atomic E-state index is 13.2.